The smallest absolute Gasteiger partial charge is 0.160 e. The van der Waals surface area contributed by atoms with Gasteiger partial charge in [0.05, 0.1) is 16.8 Å². The Balaban J connectivity index is 2.11. The van der Waals surface area contributed by atoms with E-state index in [1.54, 1.807) is 0 Å². The van der Waals surface area contributed by atoms with Crippen LogP contribution in [0.4, 0.5) is 0 Å². The highest BCUT2D eigenvalue weighted by atomic mass is 32.2. The van der Waals surface area contributed by atoms with Gasteiger partial charge in [0, 0.05) is 6.54 Å². The Labute approximate surface area is 112 Å². The minimum Gasteiger partial charge on any atom is -0.341 e. The quantitative estimate of drug-likeness (QED) is 0.875. The number of hydrogen-bond acceptors (Lipinski definition) is 4. The molecule has 1 aliphatic heterocycles. The van der Waals surface area contributed by atoms with Crippen molar-refractivity contribution in [1.29, 1.82) is 0 Å². The Morgan fingerprint density at radius 2 is 2.21 bits per heavy atom. The van der Waals surface area contributed by atoms with Crippen LogP contribution in [0.2, 0.25) is 0 Å². The molecule has 1 aliphatic rings. The Bertz CT molecular complexity index is 706. The molecule has 102 valence electrons. The molecule has 3 N–H and O–H groups in total. The van der Waals surface area contributed by atoms with Crippen LogP contribution in [0, 0.1) is 0 Å². The van der Waals surface area contributed by atoms with Gasteiger partial charge in [0.15, 0.2) is 9.84 Å². The fourth-order valence-corrected chi connectivity index (χ4v) is 4.56. The lowest BCUT2D eigenvalue weighted by Crippen LogP contribution is -2.22. The highest BCUT2D eigenvalue weighted by Crippen LogP contribution is 2.33. The van der Waals surface area contributed by atoms with Crippen molar-refractivity contribution in [3.8, 4) is 0 Å². The zero-order valence-corrected chi connectivity index (χ0v) is 11.4. The van der Waals surface area contributed by atoms with Crippen molar-refractivity contribution in [3.63, 3.8) is 0 Å². The molecule has 5 nitrogen and oxygen atoms in total. The van der Waals surface area contributed by atoms with E-state index in [-0.39, 0.29) is 5.75 Å². The summed E-state index contributed by atoms with van der Waals surface area (Å²) in [5, 5.41) is -0.487. The number of para-hydroxylation sites is 1. The topological polar surface area (TPSA) is 88.8 Å². The Kier molecular flexibility index (Phi) is 3.06. The molecule has 0 saturated carbocycles. The average Bonchev–Trinajstić information content (AvgIpc) is 2.81. The Morgan fingerprint density at radius 1 is 1.37 bits per heavy atom. The standard InChI is InChI=1S/C13H17N3O2S/c14-8-9-4-3-5-10-12(9)16-13(15-10)11-6-1-2-7-19(11,17)18/h3-5,11H,1-2,6-8,14H2,(H,15,16). The summed E-state index contributed by atoms with van der Waals surface area (Å²) < 4.78 is 24.3. The molecule has 0 amide bonds. The van der Waals surface area contributed by atoms with Crippen molar-refractivity contribution >= 4 is 20.9 Å². The van der Waals surface area contributed by atoms with Crippen LogP contribution in [-0.4, -0.2) is 24.1 Å². The second kappa shape index (κ2) is 4.61. The minimum absolute atomic E-state index is 0.262. The second-order valence-corrected chi connectivity index (χ2v) is 7.29. The molecule has 0 bridgehead atoms. The van der Waals surface area contributed by atoms with E-state index < -0.39 is 15.1 Å². The van der Waals surface area contributed by atoms with Gasteiger partial charge in [-0.25, -0.2) is 13.4 Å². The number of nitrogens with zero attached hydrogens (tertiary/aromatic N) is 1. The van der Waals surface area contributed by atoms with Crippen LogP contribution >= 0.6 is 0 Å². The monoisotopic (exact) mass is 279 g/mol. The molecule has 1 fully saturated rings. The molecule has 1 atom stereocenters. The summed E-state index contributed by atoms with van der Waals surface area (Å²) >= 11 is 0. The number of sulfone groups is 1. The molecule has 0 aliphatic carbocycles. The van der Waals surface area contributed by atoms with E-state index in [4.69, 9.17) is 5.73 Å². The number of rotatable bonds is 2. The van der Waals surface area contributed by atoms with Crippen molar-refractivity contribution in [3.05, 3.63) is 29.6 Å². The SMILES string of the molecule is NCc1cccc2[nH]c(C3CCCCS3(=O)=O)nc12. The molecule has 3 rings (SSSR count). The molecule has 2 aromatic rings. The summed E-state index contributed by atoms with van der Waals surface area (Å²) in [5.74, 6) is 0.828. The predicted molar refractivity (Wildman–Crippen MR) is 74.4 cm³/mol. The van der Waals surface area contributed by atoms with E-state index in [0.29, 0.717) is 18.8 Å². The van der Waals surface area contributed by atoms with Gasteiger partial charge in [-0.3, -0.25) is 0 Å². The van der Waals surface area contributed by atoms with E-state index >= 15 is 0 Å². The van der Waals surface area contributed by atoms with Gasteiger partial charge in [-0.1, -0.05) is 18.6 Å². The molecular weight excluding hydrogens is 262 g/mol. The molecule has 0 radical (unpaired) electrons. The van der Waals surface area contributed by atoms with Crippen LogP contribution in [-0.2, 0) is 16.4 Å². The molecule has 1 aromatic heterocycles. The normalized spacial score (nSPS) is 22.7. The number of aromatic nitrogens is 2. The van der Waals surface area contributed by atoms with Crippen molar-refractivity contribution in [2.45, 2.75) is 31.1 Å². The number of hydrogen-bond donors (Lipinski definition) is 2. The zero-order valence-electron chi connectivity index (χ0n) is 10.6. The zero-order chi connectivity index (χ0) is 13.5. The third-order valence-electron chi connectivity index (χ3n) is 3.72. The molecule has 1 aromatic carbocycles. The largest absolute Gasteiger partial charge is 0.341 e. The van der Waals surface area contributed by atoms with E-state index in [9.17, 15) is 8.42 Å². The van der Waals surface area contributed by atoms with Crippen LogP contribution in [0.5, 0.6) is 0 Å². The van der Waals surface area contributed by atoms with E-state index in [1.807, 2.05) is 18.2 Å². The number of benzene rings is 1. The van der Waals surface area contributed by atoms with Gasteiger partial charge in [0.2, 0.25) is 0 Å². The summed E-state index contributed by atoms with van der Waals surface area (Å²) in [7, 11) is -3.07. The molecule has 2 heterocycles. The fourth-order valence-electron chi connectivity index (χ4n) is 2.69. The van der Waals surface area contributed by atoms with Gasteiger partial charge >= 0.3 is 0 Å². The van der Waals surface area contributed by atoms with Gasteiger partial charge in [-0.2, -0.15) is 0 Å². The number of H-pyrrole nitrogens is 1. The molecule has 1 saturated heterocycles. The summed E-state index contributed by atoms with van der Waals surface area (Å²) in [6, 6.07) is 5.73. The highest BCUT2D eigenvalue weighted by Gasteiger charge is 2.32. The first-order valence-corrected chi connectivity index (χ1v) is 8.22. The van der Waals surface area contributed by atoms with Gasteiger partial charge in [0.1, 0.15) is 11.1 Å². The summed E-state index contributed by atoms with van der Waals surface area (Å²) in [6.45, 7) is 0.402. The number of nitrogens with two attached hydrogens (primary N) is 1. The van der Waals surface area contributed by atoms with Gasteiger partial charge < -0.3 is 10.7 Å². The fraction of sp³-hybridized carbons (Fsp3) is 0.462. The first-order chi connectivity index (χ1) is 9.12. The Hall–Kier alpha value is -1.40. The summed E-state index contributed by atoms with van der Waals surface area (Å²) in [6.07, 6.45) is 2.35. The maximum absolute atomic E-state index is 12.1. The molecule has 0 spiro atoms. The minimum atomic E-state index is -3.07. The van der Waals surface area contributed by atoms with Crippen molar-refractivity contribution < 1.29 is 8.42 Å². The van der Waals surface area contributed by atoms with Crippen molar-refractivity contribution in [2.75, 3.05) is 5.75 Å². The van der Waals surface area contributed by atoms with Crippen LogP contribution < -0.4 is 5.73 Å². The molecule has 19 heavy (non-hydrogen) atoms. The van der Waals surface area contributed by atoms with Crippen molar-refractivity contribution in [1.82, 2.24) is 9.97 Å². The van der Waals surface area contributed by atoms with E-state index in [2.05, 4.69) is 9.97 Å². The third kappa shape index (κ3) is 2.15. The molecule has 1 unspecified atom stereocenters. The number of aromatic amines is 1. The number of fused-ring (bicyclic) bond motifs is 1. The lowest BCUT2D eigenvalue weighted by Gasteiger charge is -2.20. The summed E-state index contributed by atoms with van der Waals surface area (Å²) in [5.41, 5.74) is 8.28. The average molecular weight is 279 g/mol. The van der Waals surface area contributed by atoms with Crippen LogP contribution in [0.3, 0.4) is 0 Å². The third-order valence-corrected chi connectivity index (χ3v) is 5.90. The molecular formula is C13H17N3O2S. The van der Waals surface area contributed by atoms with E-state index in [0.717, 1.165) is 29.4 Å². The number of nitrogens with one attached hydrogen (secondary N) is 1. The maximum Gasteiger partial charge on any atom is 0.160 e. The highest BCUT2D eigenvalue weighted by molar-refractivity contribution is 7.91. The predicted octanol–water partition coefficient (Wildman–Crippen LogP) is 1.66. The number of imidazole rings is 1. The van der Waals surface area contributed by atoms with Crippen LogP contribution in [0.1, 0.15) is 35.9 Å². The first-order valence-electron chi connectivity index (χ1n) is 6.51. The molecule has 6 heteroatoms. The lowest BCUT2D eigenvalue weighted by atomic mass is 10.2. The Morgan fingerprint density at radius 3 is 2.95 bits per heavy atom. The van der Waals surface area contributed by atoms with E-state index in [1.165, 1.54) is 0 Å². The van der Waals surface area contributed by atoms with Crippen molar-refractivity contribution in [2.24, 2.45) is 5.73 Å². The van der Waals surface area contributed by atoms with Gasteiger partial charge in [-0.05, 0) is 24.5 Å². The second-order valence-electron chi connectivity index (χ2n) is 4.99. The van der Waals surface area contributed by atoms with Crippen LogP contribution in [0.25, 0.3) is 11.0 Å². The summed E-state index contributed by atoms with van der Waals surface area (Å²) in [4.78, 5) is 7.64. The maximum atomic E-state index is 12.1. The van der Waals surface area contributed by atoms with Gasteiger partial charge in [0.25, 0.3) is 0 Å². The van der Waals surface area contributed by atoms with Crippen LogP contribution in [0.15, 0.2) is 18.2 Å². The lowest BCUT2D eigenvalue weighted by molar-refractivity contribution is 0.540. The van der Waals surface area contributed by atoms with Gasteiger partial charge in [-0.15, -0.1) is 0 Å². The first kappa shape index (κ1) is 12.6.